The number of benzene rings is 1. The Kier molecular flexibility index (Phi) is 3.39. The van der Waals surface area contributed by atoms with Crippen molar-refractivity contribution in [3.8, 4) is 0 Å². The van der Waals surface area contributed by atoms with Crippen LogP contribution in [0.25, 0.3) is 0 Å². The van der Waals surface area contributed by atoms with E-state index in [1.807, 2.05) is 0 Å². The zero-order valence-electron chi connectivity index (χ0n) is 10.1. The molecule has 1 heterocycles. The van der Waals surface area contributed by atoms with Crippen LogP contribution in [0.3, 0.4) is 0 Å². The van der Waals surface area contributed by atoms with E-state index < -0.39 is 21.5 Å². The van der Waals surface area contributed by atoms with Crippen LogP contribution in [-0.4, -0.2) is 13.4 Å². The van der Waals surface area contributed by atoms with Crippen LogP contribution in [-0.2, 0) is 10.0 Å². The molecule has 2 aromatic rings. The maximum absolute atomic E-state index is 13.3. The quantitative estimate of drug-likeness (QED) is 0.842. The van der Waals surface area contributed by atoms with Crippen molar-refractivity contribution in [2.75, 3.05) is 10.5 Å². The fraction of sp³-hybridized carbons (Fsp3) is 0.0833. The Balaban J connectivity index is 2.44. The van der Waals surface area contributed by atoms with Crippen LogP contribution in [0.4, 0.5) is 15.8 Å². The standard InChI is InChI=1S/C12H12FN3O2S/c1-8-10(5-3-7-15-8)16-19(17,18)11-6-2-4-9(13)12(11)14/h2-7,16H,14H2,1H3. The summed E-state index contributed by atoms with van der Waals surface area (Å²) in [5.74, 6) is -0.772. The van der Waals surface area contributed by atoms with Gasteiger partial charge in [0.1, 0.15) is 10.7 Å². The molecule has 2 rings (SSSR count). The molecule has 19 heavy (non-hydrogen) atoms. The Morgan fingerprint density at radius 2 is 2.00 bits per heavy atom. The fourth-order valence-corrected chi connectivity index (χ4v) is 2.80. The van der Waals surface area contributed by atoms with Crippen LogP contribution in [0.15, 0.2) is 41.4 Å². The van der Waals surface area contributed by atoms with E-state index in [2.05, 4.69) is 9.71 Å². The molecule has 0 radical (unpaired) electrons. The Labute approximate surface area is 110 Å². The first-order chi connectivity index (χ1) is 8.92. The highest BCUT2D eigenvalue weighted by Crippen LogP contribution is 2.24. The Bertz CT molecular complexity index is 717. The Morgan fingerprint density at radius 3 is 2.68 bits per heavy atom. The van der Waals surface area contributed by atoms with Crippen molar-refractivity contribution in [3.05, 3.63) is 48.0 Å². The number of nitrogen functional groups attached to an aromatic ring is 1. The molecule has 0 unspecified atom stereocenters. The molecule has 0 saturated carbocycles. The topological polar surface area (TPSA) is 85.1 Å². The van der Waals surface area contributed by atoms with Gasteiger partial charge in [-0.1, -0.05) is 6.07 Å². The summed E-state index contributed by atoms with van der Waals surface area (Å²) < 4.78 is 39.9. The number of halogens is 1. The van der Waals surface area contributed by atoms with Crippen molar-refractivity contribution in [1.82, 2.24) is 4.98 Å². The van der Waals surface area contributed by atoms with Gasteiger partial charge in [0.05, 0.1) is 17.1 Å². The van der Waals surface area contributed by atoms with Gasteiger partial charge in [0.2, 0.25) is 0 Å². The first-order valence-electron chi connectivity index (χ1n) is 5.40. The number of nitrogens with two attached hydrogens (primary N) is 1. The Morgan fingerprint density at radius 1 is 1.26 bits per heavy atom. The molecule has 1 aromatic carbocycles. The van der Waals surface area contributed by atoms with Crippen molar-refractivity contribution in [3.63, 3.8) is 0 Å². The van der Waals surface area contributed by atoms with Gasteiger partial charge in [0.15, 0.2) is 0 Å². The predicted molar refractivity (Wildman–Crippen MR) is 70.6 cm³/mol. The number of anilines is 2. The number of nitrogens with zero attached hydrogens (tertiary/aromatic N) is 1. The normalized spacial score (nSPS) is 11.3. The predicted octanol–water partition coefficient (Wildman–Crippen LogP) is 1.91. The molecular weight excluding hydrogens is 269 g/mol. The Hall–Kier alpha value is -2.15. The van der Waals surface area contributed by atoms with E-state index in [0.29, 0.717) is 11.4 Å². The summed E-state index contributed by atoms with van der Waals surface area (Å²) in [7, 11) is -3.94. The number of pyridine rings is 1. The van der Waals surface area contributed by atoms with Crippen molar-refractivity contribution in [2.45, 2.75) is 11.8 Å². The highest BCUT2D eigenvalue weighted by molar-refractivity contribution is 7.92. The van der Waals surface area contributed by atoms with Gasteiger partial charge in [-0.05, 0) is 31.2 Å². The summed E-state index contributed by atoms with van der Waals surface area (Å²) in [4.78, 5) is 3.67. The largest absolute Gasteiger partial charge is 0.395 e. The lowest BCUT2D eigenvalue weighted by Crippen LogP contribution is -2.16. The number of hydrogen-bond donors (Lipinski definition) is 2. The first kappa shape index (κ1) is 13.3. The minimum Gasteiger partial charge on any atom is -0.395 e. The minimum absolute atomic E-state index is 0.296. The first-order valence-corrected chi connectivity index (χ1v) is 6.88. The second-order valence-electron chi connectivity index (χ2n) is 3.89. The molecule has 0 aliphatic heterocycles. The number of para-hydroxylation sites is 1. The highest BCUT2D eigenvalue weighted by Gasteiger charge is 2.20. The van der Waals surface area contributed by atoms with Gasteiger partial charge in [-0.25, -0.2) is 12.8 Å². The van der Waals surface area contributed by atoms with Gasteiger partial charge in [0.25, 0.3) is 10.0 Å². The maximum atomic E-state index is 13.3. The van der Waals surface area contributed by atoms with Gasteiger partial charge < -0.3 is 5.73 Å². The van der Waals surface area contributed by atoms with Crippen molar-refractivity contribution in [1.29, 1.82) is 0 Å². The number of sulfonamides is 1. The van der Waals surface area contributed by atoms with Gasteiger partial charge in [-0.15, -0.1) is 0 Å². The van der Waals surface area contributed by atoms with Crippen molar-refractivity contribution >= 4 is 21.4 Å². The van der Waals surface area contributed by atoms with Crippen molar-refractivity contribution in [2.24, 2.45) is 0 Å². The molecule has 0 saturated heterocycles. The highest BCUT2D eigenvalue weighted by atomic mass is 32.2. The van der Waals surface area contributed by atoms with E-state index in [1.54, 1.807) is 25.3 Å². The number of hydrogen-bond acceptors (Lipinski definition) is 4. The summed E-state index contributed by atoms with van der Waals surface area (Å²) in [5.41, 5.74) is 5.88. The van der Waals surface area contributed by atoms with Gasteiger partial charge in [-0.3, -0.25) is 9.71 Å². The average molecular weight is 281 g/mol. The van der Waals surface area contributed by atoms with E-state index in [1.165, 1.54) is 12.1 Å². The molecule has 0 amide bonds. The summed E-state index contributed by atoms with van der Waals surface area (Å²) >= 11 is 0. The fourth-order valence-electron chi connectivity index (χ4n) is 1.54. The van der Waals surface area contributed by atoms with Crippen LogP contribution in [0.5, 0.6) is 0 Å². The van der Waals surface area contributed by atoms with Crippen LogP contribution in [0, 0.1) is 12.7 Å². The van der Waals surface area contributed by atoms with Gasteiger partial charge >= 0.3 is 0 Å². The van der Waals surface area contributed by atoms with E-state index in [-0.39, 0.29) is 4.90 Å². The van der Waals surface area contributed by atoms with E-state index in [9.17, 15) is 12.8 Å². The van der Waals surface area contributed by atoms with Gasteiger partial charge in [0, 0.05) is 6.20 Å². The third-order valence-corrected chi connectivity index (χ3v) is 3.98. The smallest absolute Gasteiger partial charge is 0.264 e. The molecule has 100 valence electrons. The SMILES string of the molecule is Cc1ncccc1NS(=O)(=O)c1cccc(F)c1N. The molecule has 5 nitrogen and oxygen atoms in total. The molecule has 0 aliphatic rings. The number of nitrogens with one attached hydrogen (secondary N) is 1. The van der Waals surface area contributed by atoms with Crippen LogP contribution >= 0.6 is 0 Å². The van der Waals surface area contributed by atoms with E-state index in [4.69, 9.17) is 5.73 Å². The molecule has 0 bridgehead atoms. The second-order valence-corrected chi connectivity index (χ2v) is 5.54. The average Bonchev–Trinajstić information content (AvgIpc) is 2.35. The molecule has 0 atom stereocenters. The van der Waals surface area contributed by atoms with E-state index >= 15 is 0 Å². The lowest BCUT2D eigenvalue weighted by atomic mass is 10.3. The zero-order chi connectivity index (χ0) is 14.0. The van der Waals surface area contributed by atoms with E-state index in [0.717, 1.165) is 6.07 Å². The lowest BCUT2D eigenvalue weighted by molar-refractivity contribution is 0.597. The third-order valence-electron chi connectivity index (χ3n) is 2.55. The second kappa shape index (κ2) is 4.85. The lowest BCUT2D eigenvalue weighted by Gasteiger charge is -2.11. The minimum atomic E-state index is -3.94. The molecule has 3 N–H and O–H groups in total. The van der Waals surface area contributed by atoms with Crippen molar-refractivity contribution < 1.29 is 12.8 Å². The molecule has 0 aliphatic carbocycles. The summed E-state index contributed by atoms with van der Waals surface area (Å²) in [6.45, 7) is 1.66. The zero-order valence-corrected chi connectivity index (χ0v) is 10.9. The summed E-state index contributed by atoms with van der Waals surface area (Å²) in [6.07, 6.45) is 1.55. The molecular formula is C12H12FN3O2S. The number of aromatic nitrogens is 1. The van der Waals surface area contributed by atoms with Crippen LogP contribution < -0.4 is 10.5 Å². The van der Waals surface area contributed by atoms with Crippen LogP contribution in [0.1, 0.15) is 5.69 Å². The summed E-state index contributed by atoms with van der Waals surface area (Å²) in [5, 5.41) is 0. The molecule has 0 spiro atoms. The monoisotopic (exact) mass is 281 g/mol. The molecule has 0 fully saturated rings. The number of aryl methyl sites for hydroxylation is 1. The van der Waals surface area contributed by atoms with Crippen LogP contribution in [0.2, 0.25) is 0 Å². The van der Waals surface area contributed by atoms with Gasteiger partial charge in [-0.2, -0.15) is 0 Å². The third kappa shape index (κ3) is 2.65. The molecule has 1 aromatic heterocycles. The maximum Gasteiger partial charge on any atom is 0.264 e. The molecule has 7 heteroatoms. The number of rotatable bonds is 3. The summed E-state index contributed by atoms with van der Waals surface area (Å²) in [6, 6.07) is 6.79.